The van der Waals surface area contributed by atoms with E-state index in [9.17, 15) is 23.1 Å². The number of carbonyl (C=O) groups is 3. The van der Waals surface area contributed by atoms with Gasteiger partial charge >= 0.3 is 5.97 Å². The topological polar surface area (TPSA) is 122 Å². The van der Waals surface area contributed by atoms with Gasteiger partial charge in [-0.25, -0.2) is 9.00 Å². The van der Waals surface area contributed by atoms with Gasteiger partial charge in [0.2, 0.25) is 0 Å². The third-order valence-corrected chi connectivity index (χ3v) is 4.16. The zero-order valence-electron chi connectivity index (χ0n) is 13.9. The van der Waals surface area contributed by atoms with Crippen LogP contribution in [0.5, 0.6) is 5.75 Å². The first-order chi connectivity index (χ1) is 12.3. The number of benzene rings is 1. The molecule has 2 rings (SSSR count). The summed E-state index contributed by atoms with van der Waals surface area (Å²) in [5.74, 6) is -1.80. The lowest BCUT2D eigenvalue weighted by Crippen LogP contribution is -2.72. The molecule has 1 fully saturated rings. The lowest BCUT2D eigenvalue weighted by atomic mass is 10.1. The quantitative estimate of drug-likeness (QED) is 0.378. The van der Waals surface area contributed by atoms with Crippen molar-refractivity contribution in [2.45, 2.75) is 24.8 Å². The van der Waals surface area contributed by atoms with Crippen LogP contribution in [0.1, 0.15) is 13.3 Å². The normalized spacial score (nSPS) is 19.9. The second-order valence-electron chi connectivity index (χ2n) is 5.57. The standard InChI is InChI=1S/C16H18N2O7S/c1-10(2)8-13(20)25-18-15(21)14(16(18)26(22)23)17-12(19)9-24-11-6-4-3-5-7-11/h3-7,14,16H,1,8-9H2,2H3,(H,17,19)(H,22,23)/t14-,16+/m0/s1. The summed E-state index contributed by atoms with van der Waals surface area (Å²) < 4.78 is 26.0. The van der Waals surface area contributed by atoms with Gasteiger partial charge in [-0.05, 0) is 19.1 Å². The first-order valence-electron chi connectivity index (χ1n) is 7.54. The van der Waals surface area contributed by atoms with Gasteiger partial charge in [-0.1, -0.05) is 30.4 Å². The molecule has 0 aliphatic carbocycles. The molecule has 0 radical (unpaired) electrons. The van der Waals surface area contributed by atoms with Crippen molar-refractivity contribution in [1.82, 2.24) is 10.4 Å². The molecule has 0 bridgehead atoms. The Labute approximate surface area is 152 Å². The van der Waals surface area contributed by atoms with Gasteiger partial charge in [0.1, 0.15) is 11.8 Å². The molecule has 0 aromatic heterocycles. The van der Waals surface area contributed by atoms with Crippen molar-refractivity contribution >= 4 is 28.9 Å². The van der Waals surface area contributed by atoms with E-state index in [0.717, 1.165) is 0 Å². The van der Waals surface area contributed by atoms with E-state index in [-0.39, 0.29) is 13.0 Å². The Bertz CT molecular complexity index is 737. The van der Waals surface area contributed by atoms with Crippen molar-refractivity contribution in [3.05, 3.63) is 42.5 Å². The van der Waals surface area contributed by atoms with Crippen molar-refractivity contribution in [2.75, 3.05) is 6.61 Å². The highest BCUT2D eigenvalue weighted by molar-refractivity contribution is 7.80. The minimum absolute atomic E-state index is 0.142. The molecule has 1 saturated heterocycles. The Balaban J connectivity index is 1.91. The molecule has 1 heterocycles. The predicted octanol–water partition coefficient (Wildman–Crippen LogP) is 0.365. The molecule has 9 nitrogen and oxygen atoms in total. The Morgan fingerprint density at radius 1 is 1.35 bits per heavy atom. The number of nitrogens with one attached hydrogen (secondary N) is 1. The molecule has 0 saturated carbocycles. The number of carbonyl (C=O) groups excluding carboxylic acids is 3. The Morgan fingerprint density at radius 3 is 2.58 bits per heavy atom. The van der Waals surface area contributed by atoms with E-state index in [4.69, 9.17) is 9.57 Å². The smallest absolute Gasteiger partial charge is 0.336 e. The maximum absolute atomic E-state index is 12.0. The summed E-state index contributed by atoms with van der Waals surface area (Å²) in [5.41, 5.74) is 0.507. The van der Waals surface area contributed by atoms with Gasteiger partial charge in [-0.2, -0.15) is 0 Å². The predicted molar refractivity (Wildman–Crippen MR) is 90.8 cm³/mol. The van der Waals surface area contributed by atoms with Crippen molar-refractivity contribution in [3.8, 4) is 5.75 Å². The van der Waals surface area contributed by atoms with Gasteiger partial charge in [-0.15, -0.1) is 5.06 Å². The summed E-state index contributed by atoms with van der Waals surface area (Å²) in [6.07, 6.45) is -0.142. The number of para-hydroxylation sites is 1. The zero-order valence-corrected chi connectivity index (χ0v) is 14.7. The van der Waals surface area contributed by atoms with E-state index in [0.29, 0.717) is 16.4 Å². The van der Waals surface area contributed by atoms with Gasteiger partial charge in [-0.3, -0.25) is 9.59 Å². The summed E-state index contributed by atoms with van der Waals surface area (Å²) in [4.78, 5) is 40.3. The van der Waals surface area contributed by atoms with Gasteiger partial charge in [0, 0.05) is 0 Å². The van der Waals surface area contributed by atoms with Crippen LogP contribution < -0.4 is 10.1 Å². The van der Waals surface area contributed by atoms with Crippen LogP contribution in [-0.2, 0) is 30.3 Å². The second kappa shape index (κ2) is 8.59. The molecule has 0 spiro atoms. The molecule has 140 valence electrons. The molecular weight excluding hydrogens is 364 g/mol. The minimum Gasteiger partial charge on any atom is -0.484 e. The molecule has 3 atom stereocenters. The van der Waals surface area contributed by atoms with Crippen LogP contribution in [0.2, 0.25) is 0 Å². The van der Waals surface area contributed by atoms with Crippen LogP contribution in [0.4, 0.5) is 0 Å². The molecule has 1 aromatic carbocycles. The highest BCUT2D eigenvalue weighted by Gasteiger charge is 2.55. The summed E-state index contributed by atoms with van der Waals surface area (Å²) in [6.45, 7) is 4.75. The maximum atomic E-state index is 12.0. The van der Waals surface area contributed by atoms with E-state index in [1.54, 1.807) is 37.3 Å². The zero-order chi connectivity index (χ0) is 19.3. The number of hydroxylamine groups is 2. The molecule has 1 aliphatic heterocycles. The highest BCUT2D eigenvalue weighted by Crippen LogP contribution is 2.24. The van der Waals surface area contributed by atoms with E-state index in [2.05, 4.69) is 11.9 Å². The number of nitrogens with zero attached hydrogens (tertiary/aromatic N) is 1. The van der Waals surface area contributed by atoms with Gasteiger partial charge in [0.15, 0.2) is 23.1 Å². The lowest BCUT2D eigenvalue weighted by Gasteiger charge is -2.42. The maximum Gasteiger partial charge on any atom is 0.336 e. The largest absolute Gasteiger partial charge is 0.484 e. The fraction of sp³-hybridized carbons (Fsp3) is 0.312. The molecule has 26 heavy (non-hydrogen) atoms. The summed E-state index contributed by atoms with van der Waals surface area (Å²) in [6, 6.07) is 7.25. The van der Waals surface area contributed by atoms with E-state index >= 15 is 0 Å². The number of hydrogen-bond donors (Lipinski definition) is 2. The number of rotatable bonds is 8. The van der Waals surface area contributed by atoms with Crippen molar-refractivity contribution in [3.63, 3.8) is 0 Å². The van der Waals surface area contributed by atoms with Gasteiger partial charge < -0.3 is 19.4 Å². The Hall–Kier alpha value is -2.72. The molecule has 1 aromatic rings. The fourth-order valence-electron chi connectivity index (χ4n) is 2.14. The molecule has 1 unspecified atom stereocenters. The highest BCUT2D eigenvalue weighted by atomic mass is 32.2. The van der Waals surface area contributed by atoms with Crippen LogP contribution in [0.3, 0.4) is 0 Å². The lowest BCUT2D eigenvalue weighted by molar-refractivity contribution is -0.222. The second-order valence-corrected chi connectivity index (χ2v) is 6.61. The van der Waals surface area contributed by atoms with Crippen LogP contribution >= 0.6 is 0 Å². The average molecular weight is 382 g/mol. The van der Waals surface area contributed by atoms with Crippen molar-refractivity contribution < 1.29 is 32.7 Å². The monoisotopic (exact) mass is 382 g/mol. The molecule has 1 aliphatic rings. The molecule has 10 heteroatoms. The van der Waals surface area contributed by atoms with E-state index in [1.165, 1.54) is 0 Å². The summed E-state index contributed by atoms with van der Waals surface area (Å²) in [7, 11) is 0. The number of ether oxygens (including phenoxy) is 1. The number of hydrogen-bond acceptors (Lipinski definition) is 6. The first-order valence-corrected chi connectivity index (χ1v) is 8.71. The van der Waals surface area contributed by atoms with Crippen molar-refractivity contribution in [2.24, 2.45) is 0 Å². The van der Waals surface area contributed by atoms with Crippen LogP contribution in [0, 0.1) is 0 Å². The minimum atomic E-state index is -2.54. The van der Waals surface area contributed by atoms with E-state index in [1.807, 2.05) is 0 Å². The summed E-state index contributed by atoms with van der Waals surface area (Å²) in [5, 5.41) is 1.39. The first kappa shape index (κ1) is 19.6. The van der Waals surface area contributed by atoms with Crippen LogP contribution in [-0.4, -0.2) is 49.6 Å². The van der Waals surface area contributed by atoms with Crippen molar-refractivity contribution in [1.29, 1.82) is 0 Å². The van der Waals surface area contributed by atoms with Gasteiger partial charge in [0.05, 0.1) is 6.42 Å². The third kappa shape index (κ3) is 4.90. The molecular formula is C16H18N2O7S. The summed E-state index contributed by atoms with van der Waals surface area (Å²) >= 11 is -2.54. The van der Waals surface area contributed by atoms with Crippen LogP contribution in [0.25, 0.3) is 0 Å². The molecule has 2 amide bonds. The van der Waals surface area contributed by atoms with E-state index < -0.39 is 40.3 Å². The molecule has 2 N–H and O–H groups in total. The van der Waals surface area contributed by atoms with Crippen LogP contribution in [0.15, 0.2) is 42.5 Å². The average Bonchev–Trinajstić information content (AvgIpc) is 2.58. The third-order valence-electron chi connectivity index (χ3n) is 3.28. The SMILES string of the molecule is C=C(C)CC(=O)ON1C(=O)[C@H](NC(=O)COc2ccccc2)[C@H]1S(=O)O. The fourth-order valence-corrected chi connectivity index (χ4v) is 2.86. The number of β-lactam (4-membered cyclic amide) rings is 1. The van der Waals surface area contributed by atoms with Gasteiger partial charge in [0.25, 0.3) is 11.8 Å². The number of amides is 2. The Kier molecular flexibility index (Phi) is 6.47. The Morgan fingerprint density at radius 2 is 2.00 bits per heavy atom.